The average Bonchev–Trinajstić information content (AvgIpc) is 3.02. The summed E-state index contributed by atoms with van der Waals surface area (Å²) in [5.74, 6) is -0.0974. The smallest absolute Gasteiger partial charge is 0.256 e. The number of amides is 1. The summed E-state index contributed by atoms with van der Waals surface area (Å²) in [5, 5.41) is 2.94. The van der Waals surface area contributed by atoms with Crippen molar-refractivity contribution in [3.05, 3.63) is 64.1 Å². The maximum absolute atomic E-state index is 12.2. The highest BCUT2D eigenvalue weighted by atomic mass is 79.9. The summed E-state index contributed by atoms with van der Waals surface area (Å²) < 4.78 is 0.804. The summed E-state index contributed by atoms with van der Waals surface area (Å²) in [4.78, 5) is 14.7. The van der Waals surface area contributed by atoms with Gasteiger partial charge in [0.2, 0.25) is 0 Å². The quantitative estimate of drug-likeness (QED) is 0.883. The van der Waals surface area contributed by atoms with Crippen molar-refractivity contribution in [3.8, 4) is 0 Å². The van der Waals surface area contributed by atoms with Crippen molar-refractivity contribution in [1.29, 1.82) is 0 Å². The fourth-order valence-electron chi connectivity index (χ4n) is 2.74. The molecule has 0 atom stereocenters. The highest BCUT2D eigenvalue weighted by Gasteiger charge is 2.12. The molecule has 0 radical (unpaired) electrons. The molecule has 0 spiro atoms. The Morgan fingerprint density at radius 3 is 2.41 bits per heavy atom. The molecule has 1 amide bonds. The molecular formula is C18H19BrN2O. The molecule has 1 fully saturated rings. The van der Waals surface area contributed by atoms with Gasteiger partial charge in [-0.3, -0.25) is 9.69 Å². The number of likely N-dealkylation sites (tertiary alicyclic amines) is 1. The summed E-state index contributed by atoms with van der Waals surface area (Å²) >= 11 is 3.40. The van der Waals surface area contributed by atoms with Crippen molar-refractivity contribution in [2.24, 2.45) is 0 Å². The van der Waals surface area contributed by atoms with Crippen molar-refractivity contribution in [2.75, 3.05) is 18.4 Å². The predicted octanol–water partition coefficient (Wildman–Crippen LogP) is 4.30. The largest absolute Gasteiger partial charge is 0.322 e. The Bertz CT molecular complexity index is 648. The van der Waals surface area contributed by atoms with Crippen LogP contribution in [0.25, 0.3) is 0 Å². The molecule has 22 heavy (non-hydrogen) atoms. The molecule has 2 aromatic rings. The highest BCUT2D eigenvalue weighted by molar-refractivity contribution is 9.10. The fraction of sp³-hybridized carbons (Fsp3) is 0.278. The molecule has 0 aliphatic carbocycles. The number of benzene rings is 2. The number of hydrogen-bond acceptors (Lipinski definition) is 2. The molecule has 0 unspecified atom stereocenters. The third-order valence-corrected chi connectivity index (χ3v) is 4.63. The van der Waals surface area contributed by atoms with E-state index in [1.54, 1.807) is 6.07 Å². The van der Waals surface area contributed by atoms with Crippen molar-refractivity contribution in [1.82, 2.24) is 4.90 Å². The topological polar surface area (TPSA) is 32.3 Å². The van der Waals surface area contributed by atoms with Gasteiger partial charge in [-0.2, -0.15) is 0 Å². The predicted molar refractivity (Wildman–Crippen MR) is 93.0 cm³/mol. The van der Waals surface area contributed by atoms with Crippen molar-refractivity contribution >= 4 is 27.5 Å². The number of hydrogen-bond donors (Lipinski definition) is 1. The van der Waals surface area contributed by atoms with Crippen LogP contribution in [-0.2, 0) is 6.54 Å². The Morgan fingerprint density at radius 2 is 1.73 bits per heavy atom. The Morgan fingerprint density at radius 1 is 1.05 bits per heavy atom. The maximum atomic E-state index is 12.2. The molecule has 1 heterocycles. The van der Waals surface area contributed by atoms with E-state index in [2.05, 4.69) is 38.3 Å². The zero-order valence-corrected chi connectivity index (χ0v) is 14.0. The Kier molecular flexibility index (Phi) is 4.90. The van der Waals surface area contributed by atoms with Crippen LogP contribution < -0.4 is 5.32 Å². The van der Waals surface area contributed by atoms with Gasteiger partial charge in [-0.15, -0.1) is 0 Å². The van der Waals surface area contributed by atoms with Crippen LogP contribution in [0, 0.1) is 0 Å². The van der Waals surface area contributed by atoms with Crippen LogP contribution in [0.5, 0.6) is 0 Å². The standard InChI is InChI=1S/C18H19BrN2O/c19-17-6-2-1-5-16(17)18(22)20-15-9-7-14(8-10-15)13-21-11-3-4-12-21/h1-2,5-10H,3-4,11-13H2,(H,20,22). The van der Waals surface area contributed by atoms with Crippen LogP contribution in [-0.4, -0.2) is 23.9 Å². The maximum Gasteiger partial charge on any atom is 0.256 e. The summed E-state index contributed by atoms with van der Waals surface area (Å²) in [6.07, 6.45) is 2.61. The van der Waals surface area contributed by atoms with E-state index in [-0.39, 0.29) is 5.91 Å². The van der Waals surface area contributed by atoms with Crippen LogP contribution in [0.3, 0.4) is 0 Å². The lowest BCUT2D eigenvalue weighted by Gasteiger charge is -2.15. The number of rotatable bonds is 4. The minimum absolute atomic E-state index is 0.0974. The van der Waals surface area contributed by atoms with E-state index >= 15 is 0 Å². The minimum atomic E-state index is -0.0974. The number of nitrogens with one attached hydrogen (secondary N) is 1. The number of carbonyl (C=O) groups is 1. The average molecular weight is 359 g/mol. The van der Waals surface area contributed by atoms with Gasteiger partial charge in [0.05, 0.1) is 5.56 Å². The third-order valence-electron chi connectivity index (χ3n) is 3.94. The van der Waals surface area contributed by atoms with Gasteiger partial charge in [0.25, 0.3) is 5.91 Å². The van der Waals surface area contributed by atoms with Crippen LogP contribution in [0.2, 0.25) is 0 Å². The van der Waals surface area contributed by atoms with Gasteiger partial charge < -0.3 is 5.32 Å². The molecule has 0 bridgehead atoms. The fourth-order valence-corrected chi connectivity index (χ4v) is 3.20. The van der Waals surface area contributed by atoms with E-state index < -0.39 is 0 Å². The number of anilines is 1. The molecule has 114 valence electrons. The van der Waals surface area contributed by atoms with Gasteiger partial charge in [-0.05, 0) is 71.7 Å². The van der Waals surface area contributed by atoms with Gasteiger partial charge in [0.15, 0.2) is 0 Å². The second-order valence-electron chi connectivity index (χ2n) is 5.61. The molecule has 4 heteroatoms. The normalized spacial score (nSPS) is 15.0. The summed E-state index contributed by atoms with van der Waals surface area (Å²) in [7, 11) is 0. The number of carbonyl (C=O) groups excluding carboxylic acids is 1. The first-order valence-corrected chi connectivity index (χ1v) is 8.39. The monoisotopic (exact) mass is 358 g/mol. The molecule has 2 aromatic carbocycles. The zero-order chi connectivity index (χ0) is 15.4. The van der Waals surface area contributed by atoms with Crippen molar-refractivity contribution < 1.29 is 4.79 Å². The highest BCUT2D eigenvalue weighted by Crippen LogP contribution is 2.19. The molecule has 0 aromatic heterocycles. The Hall–Kier alpha value is -1.65. The first-order chi connectivity index (χ1) is 10.7. The molecule has 1 aliphatic heterocycles. The lowest BCUT2D eigenvalue weighted by molar-refractivity contribution is 0.102. The summed E-state index contributed by atoms with van der Waals surface area (Å²) in [6, 6.07) is 15.6. The first-order valence-electron chi connectivity index (χ1n) is 7.59. The second kappa shape index (κ2) is 7.07. The minimum Gasteiger partial charge on any atom is -0.322 e. The Balaban J connectivity index is 1.63. The lowest BCUT2D eigenvalue weighted by Crippen LogP contribution is -2.18. The van der Waals surface area contributed by atoms with Crippen molar-refractivity contribution in [3.63, 3.8) is 0 Å². The van der Waals surface area contributed by atoms with Gasteiger partial charge in [-0.1, -0.05) is 24.3 Å². The number of halogens is 1. The van der Waals surface area contributed by atoms with E-state index in [1.165, 1.54) is 31.5 Å². The van der Waals surface area contributed by atoms with E-state index in [4.69, 9.17) is 0 Å². The third kappa shape index (κ3) is 3.76. The molecule has 3 nitrogen and oxygen atoms in total. The second-order valence-corrected chi connectivity index (χ2v) is 6.47. The van der Waals surface area contributed by atoms with Crippen LogP contribution in [0.4, 0.5) is 5.69 Å². The summed E-state index contributed by atoms with van der Waals surface area (Å²) in [5.41, 5.74) is 2.76. The molecule has 1 saturated heterocycles. The number of nitrogens with zero attached hydrogens (tertiary/aromatic N) is 1. The van der Waals surface area contributed by atoms with Crippen LogP contribution in [0.1, 0.15) is 28.8 Å². The van der Waals surface area contributed by atoms with Gasteiger partial charge in [-0.25, -0.2) is 0 Å². The molecule has 3 rings (SSSR count). The van der Waals surface area contributed by atoms with Gasteiger partial charge in [0.1, 0.15) is 0 Å². The van der Waals surface area contributed by atoms with Gasteiger partial charge in [0, 0.05) is 16.7 Å². The molecular weight excluding hydrogens is 340 g/mol. The SMILES string of the molecule is O=C(Nc1ccc(CN2CCCC2)cc1)c1ccccc1Br. The van der Waals surface area contributed by atoms with E-state index in [0.717, 1.165) is 16.7 Å². The van der Waals surface area contributed by atoms with Crippen LogP contribution in [0.15, 0.2) is 53.0 Å². The van der Waals surface area contributed by atoms with E-state index in [0.29, 0.717) is 5.56 Å². The molecule has 1 aliphatic rings. The van der Waals surface area contributed by atoms with Gasteiger partial charge >= 0.3 is 0 Å². The van der Waals surface area contributed by atoms with E-state index in [1.807, 2.05) is 30.3 Å². The molecule has 0 saturated carbocycles. The zero-order valence-electron chi connectivity index (χ0n) is 12.4. The first kappa shape index (κ1) is 15.3. The Labute approximate surface area is 139 Å². The summed E-state index contributed by atoms with van der Waals surface area (Å²) in [6.45, 7) is 3.39. The van der Waals surface area contributed by atoms with Crippen molar-refractivity contribution in [2.45, 2.75) is 19.4 Å². The van der Waals surface area contributed by atoms with E-state index in [9.17, 15) is 4.79 Å². The lowest BCUT2D eigenvalue weighted by atomic mass is 10.1. The molecule has 1 N–H and O–H groups in total. The van der Waals surface area contributed by atoms with Crippen LogP contribution >= 0.6 is 15.9 Å².